The fourth-order valence-electron chi connectivity index (χ4n) is 2.77. The topological polar surface area (TPSA) is 74.7 Å². The molecule has 2 fully saturated rings. The first-order valence-corrected chi connectivity index (χ1v) is 8.81. The molecule has 0 bridgehead atoms. The lowest BCUT2D eigenvalue weighted by Gasteiger charge is -2.32. The molecule has 0 amide bonds. The van der Waals surface area contributed by atoms with Crippen molar-refractivity contribution in [2.24, 2.45) is 5.92 Å². The van der Waals surface area contributed by atoms with Gasteiger partial charge in [-0.05, 0) is 12.8 Å². The Morgan fingerprint density at radius 1 is 1.39 bits per heavy atom. The van der Waals surface area contributed by atoms with Gasteiger partial charge in [0.25, 0.3) is 0 Å². The summed E-state index contributed by atoms with van der Waals surface area (Å²) in [5.74, 6) is -0.898. The number of nitrogens with zero attached hydrogens (tertiary/aromatic N) is 1. The predicted octanol–water partition coefficient (Wildman–Crippen LogP) is 1.01. The molecule has 7 heteroatoms. The summed E-state index contributed by atoms with van der Waals surface area (Å²) in [6.07, 6.45) is 1.66. The van der Waals surface area contributed by atoms with Crippen LogP contribution in [0.15, 0.2) is 0 Å². The van der Waals surface area contributed by atoms with Crippen LogP contribution < -0.4 is 0 Å². The molecule has 0 spiro atoms. The number of aliphatic carboxylic acids is 1. The van der Waals surface area contributed by atoms with Crippen molar-refractivity contribution >= 4 is 27.8 Å². The number of carboxylic acid groups (broad SMARTS) is 1. The molecule has 2 rings (SSSR count). The summed E-state index contributed by atoms with van der Waals surface area (Å²) in [6.45, 7) is 3.03. The maximum Gasteiger partial charge on any atom is 0.307 e. The number of carboxylic acids is 1. The minimum absolute atomic E-state index is 0.290. The Labute approximate surface area is 112 Å². The number of carbonyl (C=O) groups is 1. The first-order valence-electron chi connectivity index (χ1n) is 6.26. The number of hydrogen-bond acceptors (Lipinski definition) is 4. The molecular weight excluding hydrogens is 274 g/mol. The Morgan fingerprint density at radius 2 is 2.11 bits per heavy atom. The summed E-state index contributed by atoms with van der Waals surface area (Å²) in [4.78, 5) is 11.1. The van der Waals surface area contributed by atoms with E-state index in [9.17, 15) is 13.2 Å². The fraction of sp³-hybridized carbons (Fsp3) is 0.909. The van der Waals surface area contributed by atoms with Crippen molar-refractivity contribution in [3.05, 3.63) is 0 Å². The largest absolute Gasteiger partial charge is 0.481 e. The van der Waals surface area contributed by atoms with Crippen molar-refractivity contribution in [1.29, 1.82) is 0 Å². The van der Waals surface area contributed by atoms with Gasteiger partial charge in [-0.2, -0.15) is 16.1 Å². The van der Waals surface area contributed by atoms with Crippen molar-refractivity contribution in [2.75, 3.05) is 18.8 Å². The Bertz CT molecular complexity index is 423. The monoisotopic (exact) mass is 293 g/mol. The van der Waals surface area contributed by atoms with Crippen molar-refractivity contribution < 1.29 is 18.3 Å². The van der Waals surface area contributed by atoms with E-state index in [0.29, 0.717) is 37.6 Å². The van der Waals surface area contributed by atoms with Crippen LogP contribution in [0.4, 0.5) is 0 Å². The number of rotatable bonds is 3. The highest BCUT2D eigenvalue weighted by Gasteiger charge is 2.44. The summed E-state index contributed by atoms with van der Waals surface area (Å²) >= 11 is 1.77. The van der Waals surface area contributed by atoms with E-state index in [1.54, 1.807) is 11.8 Å². The molecule has 18 heavy (non-hydrogen) atoms. The highest BCUT2D eigenvalue weighted by molar-refractivity contribution is 8.00. The lowest BCUT2D eigenvalue weighted by Crippen LogP contribution is -2.47. The molecule has 3 atom stereocenters. The van der Waals surface area contributed by atoms with Gasteiger partial charge in [-0.1, -0.05) is 13.3 Å². The molecule has 3 unspecified atom stereocenters. The zero-order chi connectivity index (χ0) is 13.3. The van der Waals surface area contributed by atoms with Crippen molar-refractivity contribution in [2.45, 2.75) is 36.7 Å². The Balaban J connectivity index is 2.17. The highest BCUT2D eigenvalue weighted by Crippen LogP contribution is 2.34. The minimum atomic E-state index is -3.45. The third-order valence-electron chi connectivity index (χ3n) is 3.72. The molecule has 1 saturated heterocycles. The molecule has 0 aromatic carbocycles. The number of sulfonamides is 1. The van der Waals surface area contributed by atoms with E-state index in [1.165, 1.54) is 4.31 Å². The summed E-state index contributed by atoms with van der Waals surface area (Å²) in [5, 5.41) is 8.68. The molecule has 0 aromatic rings. The summed E-state index contributed by atoms with van der Waals surface area (Å²) in [6, 6.07) is 0. The van der Waals surface area contributed by atoms with E-state index in [-0.39, 0.29) is 0 Å². The summed E-state index contributed by atoms with van der Waals surface area (Å²) in [5.41, 5.74) is 0. The average Bonchev–Trinajstić information content (AvgIpc) is 2.78. The van der Waals surface area contributed by atoms with Gasteiger partial charge >= 0.3 is 5.97 Å². The van der Waals surface area contributed by atoms with Crippen LogP contribution in [0.2, 0.25) is 0 Å². The molecule has 1 saturated carbocycles. The smallest absolute Gasteiger partial charge is 0.307 e. The quantitative estimate of drug-likeness (QED) is 0.840. The normalized spacial score (nSPS) is 34.6. The van der Waals surface area contributed by atoms with E-state index in [0.717, 1.165) is 5.75 Å². The van der Waals surface area contributed by atoms with Crippen LogP contribution in [-0.2, 0) is 14.8 Å². The van der Waals surface area contributed by atoms with E-state index in [1.807, 2.05) is 6.92 Å². The fourth-order valence-corrected chi connectivity index (χ4v) is 6.29. The van der Waals surface area contributed by atoms with Crippen LogP contribution in [0.25, 0.3) is 0 Å². The van der Waals surface area contributed by atoms with Gasteiger partial charge in [0, 0.05) is 24.1 Å². The Hall–Kier alpha value is -0.270. The molecule has 1 N–H and O–H groups in total. The lowest BCUT2D eigenvalue weighted by molar-refractivity contribution is -0.141. The Morgan fingerprint density at radius 3 is 2.72 bits per heavy atom. The van der Waals surface area contributed by atoms with Gasteiger partial charge in [-0.25, -0.2) is 8.42 Å². The van der Waals surface area contributed by atoms with Gasteiger partial charge < -0.3 is 5.11 Å². The molecule has 1 aliphatic carbocycles. The maximum atomic E-state index is 12.5. The van der Waals surface area contributed by atoms with Gasteiger partial charge in [-0.15, -0.1) is 0 Å². The SMILES string of the molecule is CC1CN(S(=O)(=O)C2CCCC2C(=O)O)CCS1. The standard InChI is InChI=1S/C11H19NO4S2/c1-8-7-12(5-6-17-8)18(15,16)10-4-2-3-9(10)11(13)14/h8-10H,2-7H2,1H3,(H,13,14). The number of thioether (sulfide) groups is 1. The van der Waals surface area contributed by atoms with Gasteiger partial charge in [0.15, 0.2) is 0 Å². The first-order chi connectivity index (χ1) is 8.43. The second-order valence-corrected chi connectivity index (χ2v) is 8.70. The van der Waals surface area contributed by atoms with Crippen LogP contribution in [0, 0.1) is 5.92 Å². The Kier molecular flexibility index (Phi) is 4.23. The molecule has 104 valence electrons. The highest BCUT2D eigenvalue weighted by atomic mass is 32.2. The third kappa shape index (κ3) is 2.67. The lowest BCUT2D eigenvalue weighted by atomic mass is 10.1. The van der Waals surface area contributed by atoms with Crippen LogP contribution in [0.1, 0.15) is 26.2 Å². The van der Waals surface area contributed by atoms with Crippen molar-refractivity contribution in [1.82, 2.24) is 4.31 Å². The third-order valence-corrected chi connectivity index (χ3v) is 7.23. The van der Waals surface area contributed by atoms with Crippen LogP contribution in [0.3, 0.4) is 0 Å². The average molecular weight is 293 g/mol. The second kappa shape index (κ2) is 5.38. The molecular formula is C11H19NO4S2. The van der Waals surface area contributed by atoms with E-state index >= 15 is 0 Å². The zero-order valence-electron chi connectivity index (χ0n) is 10.4. The van der Waals surface area contributed by atoms with Crippen molar-refractivity contribution in [3.63, 3.8) is 0 Å². The van der Waals surface area contributed by atoms with E-state index < -0.39 is 27.2 Å². The first kappa shape index (κ1) is 14.1. The van der Waals surface area contributed by atoms with Crippen molar-refractivity contribution in [3.8, 4) is 0 Å². The minimum Gasteiger partial charge on any atom is -0.481 e. The van der Waals surface area contributed by atoms with Gasteiger partial charge in [0.2, 0.25) is 10.0 Å². The van der Waals surface area contributed by atoms with Crippen LogP contribution >= 0.6 is 11.8 Å². The maximum absolute atomic E-state index is 12.5. The molecule has 2 aliphatic rings. The molecule has 0 aromatic heterocycles. The van der Waals surface area contributed by atoms with Gasteiger partial charge in [0.05, 0.1) is 11.2 Å². The molecule has 1 aliphatic heterocycles. The van der Waals surface area contributed by atoms with E-state index in [2.05, 4.69) is 0 Å². The summed E-state index contributed by atoms with van der Waals surface area (Å²) < 4.78 is 26.5. The van der Waals surface area contributed by atoms with E-state index in [4.69, 9.17) is 5.11 Å². The molecule has 0 radical (unpaired) electrons. The van der Waals surface area contributed by atoms with Gasteiger partial charge in [0.1, 0.15) is 0 Å². The van der Waals surface area contributed by atoms with Crippen LogP contribution in [-0.4, -0.2) is 53.1 Å². The predicted molar refractivity (Wildman–Crippen MR) is 71.2 cm³/mol. The number of hydrogen-bond donors (Lipinski definition) is 1. The molecule has 5 nitrogen and oxygen atoms in total. The summed E-state index contributed by atoms with van der Waals surface area (Å²) in [7, 11) is -3.45. The second-order valence-electron chi connectivity index (χ2n) is 5.00. The van der Waals surface area contributed by atoms with Gasteiger partial charge in [-0.3, -0.25) is 4.79 Å². The molecule has 1 heterocycles. The zero-order valence-corrected chi connectivity index (χ0v) is 12.0. The van der Waals surface area contributed by atoms with Crippen LogP contribution in [0.5, 0.6) is 0 Å².